The molecular formula is C16H32N2O3. The van der Waals surface area contributed by atoms with Crippen molar-refractivity contribution in [2.75, 3.05) is 40.0 Å². The maximum absolute atomic E-state index is 12.2. The molecule has 1 rings (SSSR count). The lowest BCUT2D eigenvalue weighted by Gasteiger charge is -2.34. The van der Waals surface area contributed by atoms with Crippen molar-refractivity contribution in [1.82, 2.24) is 10.2 Å². The van der Waals surface area contributed by atoms with Crippen molar-refractivity contribution in [3.05, 3.63) is 0 Å². The summed E-state index contributed by atoms with van der Waals surface area (Å²) in [5.41, 5.74) is -0.608. The molecule has 1 heterocycles. The monoisotopic (exact) mass is 300 g/mol. The van der Waals surface area contributed by atoms with E-state index in [-0.39, 0.29) is 5.97 Å². The summed E-state index contributed by atoms with van der Waals surface area (Å²) in [7, 11) is 1.76. The minimum Gasteiger partial charge on any atom is -0.465 e. The molecule has 1 saturated heterocycles. The van der Waals surface area contributed by atoms with Gasteiger partial charge in [0.25, 0.3) is 0 Å². The molecule has 0 spiro atoms. The van der Waals surface area contributed by atoms with Gasteiger partial charge in [-0.05, 0) is 52.6 Å². The Morgan fingerprint density at radius 2 is 2.19 bits per heavy atom. The number of rotatable bonds is 9. The van der Waals surface area contributed by atoms with Crippen LogP contribution in [-0.4, -0.2) is 62.4 Å². The first-order chi connectivity index (χ1) is 9.96. The molecule has 0 bridgehead atoms. The maximum atomic E-state index is 12.2. The summed E-state index contributed by atoms with van der Waals surface area (Å²) < 4.78 is 10.5. The van der Waals surface area contributed by atoms with Crippen LogP contribution in [0.2, 0.25) is 0 Å². The summed E-state index contributed by atoms with van der Waals surface area (Å²) in [4.78, 5) is 14.7. The molecule has 0 radical (unpaired) electrons. The number of carbonyl (C=O) groups is 1. The van der Waals surface area contributed by atoms with Crippen LogP contribution >= 0.6 is 0 Å². The van der Waals surface area contributed by atoms with Gasteiger partial charge >= 0.3 is 5.97 Å². The second kappa shape index (κ2) is 8.71. The van der Waals surface area contributed by atoms with E-state index in [9.17, 15) is 4.79 Å². The van der Waals surface area contributed by atoms with Crippen LogP contribution in [0.1, 0.15) is 40.5 Å². The van der Waals surface area contributed by atoms with Crippen LogP contribution in [-0.2, 0) is 14.3 Å². The fraction of sp³-hybridized carbons (Fsp3) is 0.938. The number of carbonyl (C=O) groups excluding carboxylic acids is 1. The van der Waals surface area contributed by atoms with Crippen molar-refractivity contribution in [2.24, 2.45) is 5.92 Å². The Morgan fingerprint density at radius 3 is 2.76 bits per heavy atom. The van der Waals surface area contributed by atoms with E-state index in [4.69, 9.17) is 9.47 Å². The summed E-state index contributed by atoms with van der Waals surface area (Å²) >= 11 is 0. The number of likely N-dealkylation sites (N-methyl/N-ethyl adjacent to an activating group) is 1. The van der Waals surface area contributed by atoms with E-state index < -0.39 is 5.54 Å². The van der Waals surface area contributed by atoms with Gasteiger partial charge in [-0.3, -0.25) is 4.79 Å². The van der Waals surface area contributed by atoms with Gasteiger partial charge in [-0.2, -0.15) is 0 Å². The minimum atomic E-state index is -0.608. The Labute approximate surface area is 129 Å². The predicted octanol–water partition coefficient (Wildman–Crippen LogP) is 1.66. The molecule has 0 saturated carbocycles. The first-order valence-corrected chi connectivity index (χ1v) is 8.12. The lowest BCUT2D eigenvalue weighted by molar-refractivity contribution is -0.151. The maximum Gasteiger partial charge on any atom is 0.326 e. The van der Waals surface area contributed by atoms with Gasteiger partial charge in [0.15, 0.2) is 0 Å². The van der Waals surface area contributed by atoms with Gasteiger partial charge in [-0.25, -0.2) is 0 Å². The third kappa shape index (κ3) is 5.24. The summed E-state index contributed by atoms with van der Waals surface area (Å²) in [5, 5.41) is 3.31. The lowest BCUT2D eigenvalue weighted by atomic mass is 9.92. The van der Waals surface area contributed by atoms with Gasteiger partial charge in [0.05, 0.1) is 13.2 Å². The Bertz CT molecular complexity index is 325. The Balaban J connectivity index is 2.60. The van der Waals surface area contributed by atoms with Crippen molar-refractivity contribution in [3.63, 3.8) is 0 Å². The van der Waals surface area contributed by atoms with E-state index in [0.29, 0.717) is 18.6 Å². The highest BCUT2D eigenvalue weighted by molar-refractivity contribution is 5.80. The van der Waals surface area contributed by atoms with Crippen LogP contribution in [0.15, 0.2) is 0 Å². The number of ether oxygens (including phenoxy) is 2. The Morgan fingerprint density at radius 1 is 1.48 bits per heavy atom. The van der Waals surface area contributed by atoms with Crippen LogP contribution in [0.3, 0.4) is 0 Å². The molecule has 3 unspecified atom stereocenters. The van der Waals surface area contributed by atoms with Crippen molar-refractivity contribution < 1.29 is 14.3 Å². The molecule has 21 heavy (non-hydrogen) atoms. The molecule has 0 aliphatic carbocycles. The number of methoxy groups -OCH3 is 1. The smallest absolute Gasteiger partial charge is 0.326 e. The second-order valence-electron chi connectivity index (χ2n) is 6.24. The van der Waals surface area contributed by atoms with Crippen LogP contribution in [0.5, 0.6) is 0 Å². The van der Waals surface area contributed by atoms with Gasteiger partial charge in [0.2, 0.25) is 0 Å². The third-order valence-electron chi connectivity index (χ3n) is 4.34. The molecule has 124 valence electrons. The van der Waals surface area contributed by atoms with E-state index in [1.165, 1.54) is 6.42 Å². The number of hydrogen-bond donors (Lipinski definition) is 1. The molecule has 1 aliphatic heterocycles. The number of nitrogens with zero attached hydrogens (tertiary/aromatic N) is 1. The summed E-state index contributed by atoms with van der Waals surface area (Å²) in [6.45, 7) is 12.2. The highest BCUT2D eigenvalue weighted by Gasteiger charge is 2.38. The predicted molar refractivity (Wildman–Crippen MR) is 84.3 cm³/mol. The first kappa shape index (κ1) is 18.4. The lowest BCUT2D eigenvalue weighted by Crippen LogP contribution is -2.54. The fourth-order valence-electron chi connectivity index (χ4n) is 3.26. The van der Waals surface area contributed by atoms with Crippen LogP contribution in [0.4, 0.5) is 0 Å². The van der Waals surface area contributed by atoms with E-state index in [1.807, 2.05) is 20.8 Å². The third-order valence-corrected chi connectivity index (χ3v) is 4.34. The molecule has 0 amide bonds. The fourth-order valence-corrected chi connectivity index (χ4v) is 3.26. The van der Waals surface area contributed by atoms with Gasteiger partial charge < -0.3 is 19.7 Å². The Kier molecular flexibility index (Phi) is 7.63. The minimum absolute atomic E-state index is 0.147. The van der Waals surface area contributed by atoms with Crippen molar-refractivity contribution in [1.29, 1.82) is 0 Å². The normalized spacial score (nSPS) is 23.8. The number of nitrogens with one attached hydrogen (secondary N) is 1. The van der Waals surface area contributed by atoms with Gasteiger partial charge in [0.1, 0.15) is 5.54 Å². The quantitative estimate of drug-likeness (QED) is 0.656. The molecule has 1 aliphatic rings. The van der Waals surface area contributed by atoms with Crippen molar-refractivity contribution in [3.8, 4) is 0 Å². The van der Waals surface area contributed by atoms with Gasteiger partial charge in [0, 0.05) is 19.7 Å². The zero-order chi connectivity index (χ0) is 15.9. The summed E-state index contributed by atoms with van der Waals surface area (Å²) in [6.07, 6.45) is 1.94. The molecule has 1 fully saturated rings. The van der Waals surface area contributed by atoms with Crippen molar-refractivity contribution in [2.45, 2.75) is 52.1 Å². The summed E-state index contributed by atoms with van der Waals surface area (Å²) in [6, 6.07) is 0.348. The average Bonchev–Trinajstić information content (AvgIpc) is 2.88. The molecule has 5 nitrogen and oxygen atoms in total. The molecule has 0 aromatic carbocycles. The van der Waals surface area contributed by atoms with E-state index in [1.54, 1.807) is 7.11 Å². The highest BCUT2D eigenvalue weighted by atomic mass is 16.5. The molecule has 0 aromatic rings. The van der Waals surface area contributed by atoms with Crippen LogP contribution in [0, 0.1) is 5.92 Å². The zero-order valence-electron chi connectivity index (χ0n) is 14.3. The average molecular weight is 300 g/mol. The second-order valence-corrected chi connectivity index (χ2v) is 6.24. The van der Waals surface area contributed by atoms with Crippen LogP contribution in [0.25, 0.3) is 0 Å². The van der Waals surface area contributed by atoms with Gasteiger partial charge in [-0.15, -0.1) is 0 Å². The standard InChI is InChI=1S/C16H32N2O3/c1-6-17-16(4,15(19)21-7-2)10-13(3)18-9-8-14(11-18)12-20-5/h13-14,17H,6-12H2,1-5H3. The zero-order valence-corrected chi connectivity index (χ0v) is 14.3. The topological polar surface area (TPSA) is 50.8 Å². The molecule has 5 heteroatoms. The molecular weight excluding hydrogens is 268 g/mol. The molecule has 1 N–H and O–H groups in total. The number of hydrogen-bond acceptors (Lipinski definition) is 5. The van der Waals surface area contributed by atoms with E-state index >= 15 is 0 Å². The molecule has 3 atom stereocenters. The first-order valence-electron chi connectivity index (χ1n) is 8.12. The van der Waals surface area contributed by atoms with Gasteiger partial charge in [-0.1, -0.05) is 6.92 Å². The Hall–Kier alpha value is -0.650. The summed E-state index contributed by atoms with van der Waals surface area (Å²) in [5.74, 6) is 0.469. The van der Waals surface area contributed by atoms with E-state index in [2.05, 4.69) is 17.1 Å². The van der Waals surface area contributed by atoms with Crippen molar-refractivity contribution >= 4 is 5.97 Å². The van der Waals surface area contributed by atoms with Crippen LogP contribution < -0.4 is 5.32 Å². The SMILES string of the molecule is CCNC(C)(CC(C)N1CCC(COC)C1)C(=O)OCC. The highest BCUT2D eigenvalue weighted by Crippen LogP contribution is 2.24. The molecule has 0 aromatic heterocycles. The number of esters is 1. The number of likely N-dealkylation sites (tertiary alicyclic amines) is 1. The largest absolute Gasteiger partial charge is 0.465 e. The van der Waals surface area contributed by atoms with E-state index in [0.717, 1.165) is 32.7 Å².